The summed E-state index contributed by atoms with van der Waals surface area (Å²) in [6.07, 6.45) is 1.08. The van der Waals surface area contributed by atoms with Crippen LogP contribution in [0.25, 0.3) is 11.1 Å². The maximum absolute atomic E-state index is 14.2. The Hall–Kier alpha value is -1.74. The molecule has 0 amide bonds. The minimum Gasteiger partial charge on any atom is -0.313 e. The molecule has 112 valence electrons. The quantitative estimate of drug-likeness (QED) is 0.783. The lowest BCUT2D eigenvalue weighted by atomic mass is 9.96. The summed E-state index contributed by atoms with van der Waals surface area (Å²) in [5.74, 6) is -0.993. The van der Waals surface area contributed by atoms with E-state index in [1.165, 1.54) is 12.1 Å². The van der Waals surface area contributed by atoms with Crippen molar-refractivity contribution in [3.05, 3.63) is 58.7 Å². The van der Waals surface area contributed by atoms with Crippen molar-refractivity contribution < 1.29 is 8.78 Å². The molecule has 0 heterocycles. The van der Waals surface area contributed by atoms with E-state index in [9.17, 15) is 8.78 Å². The molecule has 21 heavy (non-hydrogen) atoms. The highest BCUT2D eigenvalue weighted by molar-refractivity contribution is 5.69. The highest BCUT2D eigenvalue weighted by Crippen LogP contribution is 2.30. The first-order valence-corrected chi connectivity index (χ1v) is 7.29. The highest BCUT2D eigenvalue weighted by Gasteiger charge is 2.15. The van der Waals surface area contributed by atoms with E-state index in [-0.39, 0.29) is 5.56 Å². The van der Waals surface area contributed by atoms with Crippen LogP contribution in [0, 0.1) is 25.5 Å². The number of rotatable bonds is 5. The Morgan fingerprint density at radius 3 is 2.43 bits per heavy atom. The van der Waals surface area contributed by atoms with E-state index in [0.717, 1.165) is 30.6 Å². The van der Waals surface area contributed by atoms with Crippen LogP contribution in [-0.2, 0) is 6.54 Å². The van der Waals surface area contributed by atoms with Crippen molar-refractivity contribution in [1.82, 2.24) is 5.32 Å². The molecule has 0 unspecified atom stereocenters. The van der Waals surface area contributed by atoms with Gasteiger partial charge in [-0.05, 0) is 55.1 Å². The van der Waals surface area contributed by atoms with Crippen LogP contribution < -0.4 is 5.32 Å². The van der Waals surface area contributed by atoms with Crippen molar-refractivity contribution in [3.8, 4) is 11.1 Å². The van der Waals surface area contributed by atoms with Gasteiger partial charge in [-0.1, -0.05) is 31.2 Å². The van der Waals surface area contributed by atoms with E-state index in [4.69, 9.17) is 0 Å². The monoisotopic (exact) mass is 289 g/mol. The fraction of sp³-hybridized carbons (Fsp3) is 0.333. The first-order chi connectivity index (χ1) is 10.0. The lowest BCUT2D eigenvalue weighted by Crippen LogP contribution is -2.13. The Morgan fingerprint density at radius 2 is 1.76 bits per heavy atom. The minimum atomic E-state index is -0.516. The molecule has 2 aromatic carbocycles. The normalized spacial score (nSPS) is 10.9. The Kier molecular flexibility index (Phi) is 5.07. The molecule has 2 aromatic rings. The van der Waals surface area contributed by atoms with E-state index in [0.29, 0.717) is 11.1 Å². The van der Waals surface area contributed by atoms with E-state index in [1.54, 1.807) is 13.0 Å². The molecule has 0 saturated carbocycles. The van der Waals surface area contributed by atoms with E-state index in [1.807, 2.05) is 19.1 Å². The molecular weight excluding hydrogens is 268 g/mol. The van der Waals surface area contributed by atoms with Crippen LogP contribution in [0.15, 0.2) is 30.3 Å². The number of hydrogen-bond donors (Lipinski definition) is 1. The number of halogens is 2. The van der Waals surface area contributed by atoms with Crippen LogP contribution in [-0.4, -0.2) is 6.54 Å². The summed E-state index contributed by atoms with van der Waals surface area (Å²) in [7, 11) is 0. The Labute approximate surface area is 125 Å². The largest absolute Gasteiger partial charge is 0.313 e. The Morgan fingerprint density at radius 1 is 1.00 bits per heavy atom. The predicted molar refractivity (Wildman–Crippen MR) is 83.3 cm³/mol. The lowest BCUT2D eigenvalue weighted by molar-refractivity contribution is 0.583. The van der Waals surface area contributed by atoms with Crippen molar-refractivity contribution in [2.24, 2.45) is 0 Å². The molecule has 0 saturated heterocycles. The summed E-state index contributed by atoms with van der Waals surface area (Å²) in [6.45, 7) is 7.39. The molecule has 0 aromatic heterocycles. The second-order valence-corrected chi connectivity index (χ2v) is 5.38. The van der Waals surface area contributed by atoms with Gasteiger partial charge in [0.05, 0.1) is 5.56 Å². The van der Waals surface area contributed by atoms with E-state index in [2.05, 4.69) is 12.2 Å². The van der Waals surface area contributed by atoms with Crippen molar-refractivity contribution in [3.63, 3.8) is 0 Å². The Bertz CT molecular complexity index is 635. The molecule has 3 heteroatoms. The lowest BCUT2D eigenvalue weighted by Gasteiger charge is -2.12. The maximum atomic E-state index is 14.2. The molecule has 1 N–H and O–H groups in total. The van der Waals surface area contributed by atoms with Gasteiger partial charge in [-0.15, -0.1) is 0 Å². The third-order valence-corrected chi connectivity index (χ3v) is 3.60. The number of benzene rings is 2. The van der Waals surface area contributed by atoms with Gasteiger partial charge in [-0.25, -0.2) is 8.78 Å². The summed E-state index contributed by atoms with van der Waals surface area (Å²) in [6, 6.07) is 8.50. The van der Waals surface area contributed by atoms with E-state index >= 15 is 0 Å². The van der Waals surface area contributed by atoms with Gasteiger partial charge in [0.25, 0.3) is 0 Å². The number of nitrogens with one attached hydrogen (secondary N) is 1. The molecule has 0 atom stereocenters. The third kappa shape index (κ3) is 3.48. The van der Waals surface area contributed by atoms with Crippen LogP contribution in [0.4, 0.5) is 8.78 Å². The minimum absolute atomic E-state index is 0.0700. The molecule has 0 aliphatic rings. The summed E-state index contributed by atoms with van der Waals surface area (Å²) in [5, 5.41) is 3.32. The maximum Gasteiger partial charge on any atom is 0.136 e. The van der Waals surface area contributed by atoms with Crippen LogP contribution in [0.3, 0.4) is 0 Å². The van der Waals surface area contributed by atoms with Gasteiger partial charge in [0.2, 0.25) is 0 Å². The number of aryl methyl sites for hydroxylation is 2. The molecule has 0 spiro atoms. The summed E-state index contributed by atoms with van der Waals surface area (Å²) in [4.78, 5) is 0. The molecular formula is C18H21F2N. The third-order valence-electron chi connectivity index (χ3n) is 3.60. The summed E-state index contributed by atoms with van der Waals surface area (Å²) in [5.41, 5.74) is 3.15. The zero-order chi connectivity index (χ0) is 15.4. The predicted octanol–water partition coefficient (Wildman–Crippen LogP) is 4.75. The van der Waals surface area contributed by atoms with Crippen molar-refractivity contribution in [1.29, 1.82) is 0 Å². The highest BCUT2D eigenvalue weighted by atomic mass is 19.1. The van der Waals surface area contributed by atoms with Crippen molar-refractivity contribution >= 4 is 0 Å². The van der Waals surface area contributed by atoms with Gasteiger partial charge >= 0.3 is 0 Å². The van der Waals surface area contributed by atoms with Crippen LogP contribution in [0.1, 0.15) is 30.0 Å². The standard InChI is InChI=1S/C18H21F2N/c1-4-9-21-11-14-6-7-15(13(3)10-14)17-16(19)8-5-12(2)18(17)20/h5-8,10,21H,4,9,11H2,1-3H3. The first-order valence-electron chi connectivity index (χ1n) is 7.29. The van der Waals surface area contributed by atoms with Crippen LogP contribution >= 0.6 is 0 Å². The molecule has 0 aliphatic heterocycles. The van der Waals surface area contributed by atoms with Crippen LogP contribution in [0.2, 0.25) is 0 Å². The smallest absolute Gasteiger partial charge is 0.136 e. The van der Waals surface area contributed by atoms with Gasteiger partial charge in [0.15, 0.2) is 0 Å². The van der Waals surface area contributed by atoms with Crippen molar-refractivity contribution in [2.45, 2.75) is 33.7 Å². The molecule has 0 radical (unpaired) electrons. The fourth-order valence-corrected chi connectivity index (χ4v) is 2.43. The Balaban J connectivity index is 2.36. The molecule has 0 fully saturated rings. The van der Waals surface area contributed by atoms with Crippen LogP contribution in [0.5, 0.6) is 0 Å². The van der Waals surface area contributed by atoms with Gasteiger partial charge in [-0.3, -0.25) is 0 Å². The van der Waals surface area contributed by atoms with Crippen molar-refractivity contribution in [2.75, 3.05) is 6.54 Å². The zero-order valence-corrected chi connectivity index (χ0v) is 12.8. The molecule has 2 rings (SSSR count). The first kappa shape index (κ1) is 15.6. The fourth-order valence-electron chi connectivity index (χ4n) is 2.43. The average Bonchev–Trinajstić information content (AvgIpc) is 2.46. The molecule has 1 nitrogen and oxygen atoms in total. The van der Waals surface area contributed by atoms with Gasteiger partial charge < -0.3 is 5.32 Å². The second-order valence-electron chi connectivity index (χ2n) is 5.38. The van der Waals surface area contributed by atoms with Gasteiger partial charge in [-0.2, -0.15) is 0 Å². The topological polar surface area (TPSA) is 12.0 Å². The number of hydrogen-bond acceptors (Lipinski definition) is 1. The summed E-state index contributed by atoms with van der Waals surface area (Å²) >= 11 is 0. The van der Waals surface area contributed by atoms with Gasteiger partial charge in [0, 0.05) is 6.54 Å². The summed E-state index contributed by atoms with van der Waals surface area (Å²) < 4.78 is 28.2. The zero-order valence-electron chi connectivity index (χ0n) is 12.8. The molecule has 0 aliphatic carbocycles. The molecule has 0 bridgehead atoms. The SMILES string of the molecule is CCCNCc1ccc(-c2c(F)ccc(C)c2F)c(C)c1. The van der Waals surface area contributed by atoms with E-state index < -0.39 is 11.6 Å². The average molecular weight is 289 g/mol. The van der Waals surface area contributed by atoms with Gasteiger partial charge in [0.1, 0.15) is 11.6 Å². The second kappa shape index (κ2) is 6.81.